The molecule has 1 amide bonds. The van der Waals surface area contributed by atoms with Gasteiger partial charge in [-0.2, -0.15) is 5.26 Å². The Hall–Kier alpha value is -2.04. The highest BCUT2D eigenvalue weighted by Crippen LogP contribution is 2.39. The zero-order chi connectivity index (χ0) is 16.9. The van der Waals surface area contributed by atoms with E-state index in [1.807, 2.05) is 0 Å². The number of nitriles is 1. The van der Waals surface area contributed by atoms with Gasteiger partial charge in [-0.3, -0.25) is 4.79 Å². The molecule has 4 nitrogen and oxygen atoms in total. The standard InChI is InChI=1S/C17H14FN3OS2/c18-14-6-2-1-5-13(14)17-21(8-9-23-17)15(22)11-24-16-12(10-19)4-3-7-20-16/h1-7,17H,8-9,11H2/t17-/m1/s1. The summed E-state index contributed by atoms with van der Waals surface area (Å²) < 4.78 is 14.0. The molecule has 1 aliphatic heterocycles. The van der Waals surface area contributed by atoms with Crippen LogP contribution in [0.25, 0.3) is 0 Å². The second-order valence-corrected chi connectivity index (χ2v) is 7.24. The van der Waals surface area contributed by atoms with Gasteiger partial charge in [0.2, 0.25) is 5.91 Å². The zero-order valence-electron chi connectivity index (χ0n) is 12.7. The molecule has 2 aromatic rings. The van der Waals surface area contributed by atoms with Crippen LogP contribution in [0.1, 0.15) is 16.5 Å². The van der Waals surface area contributed by atoms with E-state index in [0.717, 1.165) is 5.75 Å². The molecule has 1 aromatic carbocycles. The Balaban J connectivity index is 1.70. The molecule has 0 unspecified atom stereocenters. The molecule has 0 saturated carbocycles. The van der Waals surface area contributed by atoms with Gasteiger partial charge in [-0.15, -0.1) is 11.8 Å². The summed E-state index contributed by atoms with van der Waals surface area (Å²) >= 11 is 2.80. The molecule has 2 heterocycles. The van der Waals surface area contributed by atoms with Crippen molar-refractivity contribution in [3.8, 4) is 6.07 Å². The van der Waals surface area contributed by atoms with Gasteiger partial charge in [0.1, 0.15) is 22.3 Å². The van der Waals surface area contributed by atoms with Crippen molar-refractivity contribution in [1.82, 2.24) is 9.88 Å². The quantitative estimate of drug-likeness (QED) is 0.783. The predicted molar refractivity (Wildman–Crippen MR) is 93.0 cm³/mol. The number of carbonyl (C=O) groups excluding carboxylic acids is 1. The number of nitrogens with zero attached hydrogens (tertiary/aromatic N) is 3. The molecule has 0 bridgehead atoms. The molecule has 1 atom stereocenters. The van der Waals surface area contributed by atoms with Gasteiger partial charge in [0, 0.05) is 24.1 Å². The lowest BCUT2D eigenvalue weighted by atomic mass is 10.2. The van der Waals surface area contributed by atoms with Crippen LogP contribution < -0.4 is 0 Å². The lowest BCUT2D eigenvalue weighted by molar-refractivity contribution is -0.128. The van der Waals surface area contributed by atoms with Crippen LogP contribution in [0, 0.1) is 17.1 Å². The van der Waals surface area contributed by atoms with Crippen LogP contribution in [0.4, 0.5) is 4.39 Å². The summed E-state index contributed by atoms with van der Waals surface area (Å²) in [5.41, 5.74) is 0.991. The van der Waals surface area contributed by atoms with Crippen molar-refractivity contribution in [2.45, 2.75) is 10.4 Å². The Morgan fingerprint density at radius 1 is 1.42 bits per heavy atom. The largest absolute Gasteiger partial charge is 0.325 e. The van der Waals surface area contributed by atoms with Crippen LogP contribution in [0.2, 0.25) is 0 Å². The third-order valence-electron chi connectivity index (χ3n) is 3.61. The summed E-state index contributed by atoms with van der Waals surface area (Å²) in [5, 5.41) is 9.32. The van der Waals surface area contributed by atoms with E-state index < -0.39 is 0 Å². The van der Waals surface area contributed by atoms with E-state index in [1.54, 1.807) is 53.2 Å². The van der Waals surface area contributed by atoms with E-state index >= 15 is 0 Å². The van der Waals surface area contributed by atoms with Gasteiger partial charge in [0.25, 0.3) is 0 Å². The Bertz CT molecular complexity index is 793. The second-order valence-electron chi connectivity index (χ2n) is 5.09. The number of benzene rings is 1. The number of carbonyl (C=O) groups is 1. The normalized spacial score (nSPS) is 16.8. The summed E-state index contributed by atoms with van der Waals surface area (Å²) in [7, 11) is 0. The topological polar surface area (TPSA) is 57.0 Å². The Morgan fingerprint density at radius 3 is 3.04 bits per heavy atom. The number of aromatic nitrogens is 1. The summed E-state index contributed by atoms with van der Waals surface area (Å²) in [6.45, 7) is 0.594. The van der Waals surface area contributed by atoms with Crippen LogP contribution in [0.5, 0.6) is 0 Å². The highest BCUT2D eigenvalue weighted by molar-refractivity contribution is 8.00. The van der Waals surface area contributed by atoms with E-state index in [1.165, 1.54) is 17.8 Å². The lowest BCUT2D eigenvalue weighted by Gasteiger charge is -2.24. The molecule has 0 radical (unpaired) electrons. The highest BCUT2D eigenvalue weighted by Gasteiger charge is 2.32. The van der Waals surface area contributed by atoms with Gasteiger partial charge in [-0.25, -0.2) is 9.37 Å². The van der Waals surface area contributed by atoms with Crippen LogP contribution >= 0.6 is 23.5 Å². The number of hydrogen-bond donors (Lipinski definition) is 0. The Labute approximate surface area is 148 Å². The van der Waals surface area contributed by atoms with E-state index in [-0.39, 0.29) is 22.9 Å². The van der Waals surface area contributed by atoms with Crippen LogP contribution in [-0.4, -0.2) is 33.8 Å². The molecule has 122 valence electrons. The third-order valence-corrected chi connectivity index (χ3v) is 5.84. The van der Waals surface area contributed by atoms with Crippen molar-refractivity contribution in [1.29, 1.82) is 5.26 Å². The summed E-state index contributed by atoms with van der Waals surface area (Å²) in [6.07, 6.45) is 1.60. The van der Waals surface area contributed by atoms with Gasteiger partial charge in [0.15, 0.2) is 0 Å². The number of hydrogen-bond acceptors (Lipinski definition) is 5. The first-order valence-electron chi connectivity index (χ1n) is 7.34. The molecule has 24 heavy (non-hydrogen) atoms. The summed E-state index contributed by atoms with van der Waals surface area (Å²) in [6, 6.07) is 12.0. The maximum absolute atomic E-state index is 14.0. The third kappa shape index (κ3) is 3.55. The SMILES string of the molecule is N#Cc1cccnc1SCC(=O)N1CCS[C@@H]1c1ccccc1F. The maximum Gasteiger partial charge on any atom is 0.234 e. The molecule has 0 N–H and O–H groups in total. The number of halogens is 1. The first kappa shape index (κ1) is 16.8. The van der Waals surface area contributed by atoms with Crippen molar-refractivity contribution in [3.05, 3.63) is 59.5 Å². The molecule has 0 spiro atoms. The number of pyridine rings is 1. The van der Waals surface area contributed by atoms with Crippen molar-refractivity contribution < 1.29 is 9.18 Å². The molecular weight excluding hydrogens is 345 g/mol. The zero-order valence-corrected chi connectivity index (χ0v) is 14.3. The highest BCUT2D eigenvalue weighted by atomic mass is 32.2. The Kier molecular flexibility index (Phi) is 5.38. The van der Waals surface area contributed by atoms with Gasteiger partial charge in [-0.05, 0) is 18.2 Å². The monoisotopic (exact) mass is 359 g/mol. The fourth-order valence-electron chi connectivity index (χ4n) is 2.46. The van der Waals surface area contributed by atoms with E-state index in [4.69, 9.17) is 5.26 Å². The average molecular weight is 359 g/mol. The minimum Gasteiger partial charge on any atom is -0.325 e. The van der Waals surface area contributed by atoms with E-state index in [2.05, 4.69) is 11.1 Å². The van der Waals surface area contributed by atoms with Crippen molar-refractivity contribution in [3.63, 3.8) is 0 Å². The van der Waals surface area contributed by atoms with Crippen molar-refractivity contribution in [2.75, 3.05) is 18.1 Å². The summed E-state index contributed by atoms with van der Waals surface area (Å²) in [5.74, 6) is 0.589. The van der Waals surface area contributed by atoms with Crippen LogP contribution in [0.3, 0.4) is 0 Å². The van der Waals surface area contributed by atoms with Crippen molar-refractivity contribution >= 4 is 29.4 Å². The molecular formula is C17H14FN3OS2. The van der Waals surface area contributed by atoms with E-state index in [9.17, 15) is 9.18 Å². The maximum atomic E-state index is 14.0. The van der Waals surface area contributed by atoms with Gasteiger partial charge in [-0.1, -0.05) is 30.0 Å². The van der Waals surface area contributed by atoms with Gasteiger partial charge < -0.3 is 4.90 Å². The summed E-state index contributed by atoms with van der Waals surface area (Å²) in [4.78, 5) is 18.4. The second kappa shape index (κ2) is 7.69. The minimum atomic E-state index is -0.293. The smallest absolute Gasteiger partial charge is 0.234 e. The Morgan fingerprint density at radius 2 is 2.25 bits per heavy atom. The molecule has 1 aromatic heterocycles. The molecule has 7 heteroatoms. The van der Waals surface area contributed by atoms with Crippen LogP contribution in [0.15, 0.2) is 47.6 Å². The van der Waals surface area contributed by atoms with Crippen molar-refractivity contribution in [2.24, 2.45) is 0 Å². The number of rotatable bonds is 4. The minimum absolute atomic E-state index is 0.0761. The molecule has 1 aliphatic rings. The first-order valence-corrected chi connectivity index (χ1v) is 9.37. The molecule has 1 saturated heterocycles. The fraction of sp³-hybridized carbons (Fsp3) is 0.235. The molecule has 3 rings (SSSR count). The first-order chi connectivity index (χ1) is 11.7. The van der Waals surface area contributed by atoms with Gasteiger partial charge >= 0.3 is 0 Å². The lowest BCUT2D eigenvalue weighted by Crippen LogP contribution is -2.32. The van der Waals surface area contributed by atoms with Crippen LogP contribution in [-0.2, 0) is 4.79 Å². The van der Waals surface area contributed by atoms with Gasteiger partial charge in [0.05, 0.1) is 11.3 Å². The number of thioether (sulfide) groups is 2. The molecule has 0 aliphatic carbocycles. The van der Waals surface area contributed by atoms with E-state index in [0.29, 0.717) is 22.7 Å². The molecule has 1 fully saturated rings. The fourth-order valence-corrected chi connectivity index (χ4v) is 4.59. The predicted octanol–water partition coefficient (Wildman–Crippen LogP) is 3.46. The number of amides is 1. The average Bonchev–Trinajstić information content (AvgIpc) is 3.10.